The largest absolute Gasteiger partial charge is 0.457 e. The molecule has 0 saturated carbocycles. The molecule has 0 atom stereocenters. The van der Waals surface area contributed by atoms with E-state index in [9.17, 15) is 31.0 Å². The first kappa shape index (κ1) is 31.2. The van der Waals surface area contributed by atoms with E-state index in [-0.39, 0.29) is 19.8 Å². The fourth-order valence-corrected chi connectivity index (χ4v) is 4.11. The van der Waals surface area contributed by atoms with Crippen molar-refractivity contribution in [3.05, 3.63) is 156 Å². The summed E-state index contributed by atoms with van der Waals surface area (Å²) < 4.78 is 16.2. The summed E-state index contributed by atoms with van der Waals surface area (Å²) in [6, 6.07) is 25.5. The summed E-state index contributed by atoms with van der Waals surface area (Å²) in [7, 11) is 0. The lowest BCUT2D eigenvalue weighted by atomic mass is 9.96. The van der Waals surface area contributed by atoms with E-state index >= 15 is 0 Å². The number of ether oxygens (including phenoxy) is 3. The zero-order valence-corrected chi connectivity index (χ0v) is 23.3. The Bertz CT molecular complexity index is 1630. The van der Waals surface area contributed by atoms with E-state index < -0.39 is 51.7 Å². The van der Waals surface area contributed by atoms with E-state index in [0.717, 1.165) is 0 Å². The highest BCUT2D eigenvalue weighted by atomic mass is 16.5. The van der Waals surface area contributed by atoms with Crippen LogP contribution in [0.4, 0.5) is 17.1 Å². The van der Waals surface area contributed by atoms with Gasteiger partial charge in [0.25, 0.3) is 0 Å². The highest BCUT2D eigenvalue weighted by molar-refractivity contribution is 6.17. The van der Waals surface area contributed by atoms with Crippen molar-refractivity contribution in [3.8, 4) is 0 Å². The minimum atomic E-state index is -1.23. The molecule has 0 aliphatic carbocycles. The molecule has 45 heavy (non-hydrogen) atoms. The summed E-state index contributed by atoms with van der Waals surface area (Å²) in [5.74, 6) is -3.69. The van der Waals surface area contributed by atoms with Gasteiger partial charge in [0.15, 0.2) is 0 Å². The molecule has 0 bridgehead atoms. The normalized spacial score (nSPS) is 9.87. The molecule has 15 heteroatoms. The van der Waals surface area contributed by atoms with E-state index in [4.69, 9.17) is 14.2 Å². The number of carbonyl (C=O) groups is 3. The lowest BCUT2D eigenvalue weighted by Gasteiger charge is -2.19. The molecule has 0 aliphatic rings. The Kier molecular flexibility index (Phi) is 10.7. The summed E-state index contributed by atoms with van der Waals surface area (Å²) >= 11 is 0. The van der Waals surface area contributed by atoms with Crippen molar-refractivity contribution in [1.29, 1.82) is 0 Å². The SMILES string of the molecule is [N-]=[N+]=Nc1c(C(=O)OCc2ccccc2)c(N=[N+]=[N-])c(C(=O)OCc2ccccc2)c(N=[N+]=[N-])c1C(=O)OCc1ccccc1. The number of benzene rings is 4. The molecule has 0 aromatic heterocycles. The van der Waals surface area contributed by atoms with Gasteiger partial charge in [0, 0.05) is 14.7 Å². The summed E-state index contributed by atoms with van der Waals surface area (Å²) in [6.45, 7) is -0.861. The summed E-state index contributed by atoms with van der Waals surface area (Å²) in [5.41, 5.74) is 25.5. The average Bonchev–Trinajstić information content (AvgIpc) is 3.07. The van der Waals surface area contributed by atoms with Gasteiger partial charge in [-0.15, -0.1) is 0 Å². The Morgan fingerprint density at radius 1 is 0.467 bits per heavy atom. The molecule has 4 aromatic carbocycles. The van der Waals surface area contributed by atoms with Crippen LogP contribution in [0.5, 0.6) is 0 Å². The molecule has 0 heterocycles. The summed E-state index contributed by atoms with van der Waals surface area (Å²) in [5, 5.41) is 10.5. The van der Waals surface area contributed by atoms with E-state index in [1.54, 1.807) is 91.0 Å². The molecule has 0 aliphatic heterocycles. The Labute approximate surface area is 254 Å². The first-order valence-corrected chi connectivity index (χ1v) is 13.0. The van der Waals surface area contributed by atoms with Crippen molar-refractivity contribution in [3.63, 3.8) is 0 Å². The number of carbonyl (C=O) groups excluding carboxylic acids is 3. The van der Waals surface area contributed by atoms with Gasteiger partial charge in [0.1, 0.15) is 19.8 Å². The molecule has 0 saturated heterocycles. The molecule has 0 spiro atoms. The quantitative estimate of drug-likeness (QED) is 0.0505. The number of hydrogen-bond acceptors (Lipinski definition) is 9. The number of rotatable bonds is 12. The van der Waals surface area contributed by atoms with Crippen LogP contribution in [0.1, 0.15) is 47.8 Å². The first-order chi connectivity index (χ1) is 22.0. The van der Waals surface area contributed by atoms with Crippen LogP contribution in [-0.2, 0) is 34.0 Å². The van der Waals surface area contributed by atoms with Crippen molar-refractivity contribution >= 4 is 35.0 Å². The maximum Gasteiger partial charge on any atom is 0.339 e. The average molecular weight is 604 g/mol. The fraction of sp³-hybridized carbons (Fsp3) is 0.100. The second-order valence-electron chi connectivity index (χ2n) is 8.92. The van der Waals surface area contributed by atoms with Gasteiger partial charge in [-0.1, -0.05) is 106 Å². The van der Waals surface area contributed by atoms with Gasteiger partial charge in [-0.3, -0.25) is 0 Å². The number of azide groups is 3. The third-order valence-corrected chi connectivity index (χ3v) is 6.11. The van der Waals surface area contributed by atoms with E-state index in [1.807, 2.05) is 0 Å². The van der Waals surface area contributed by atoms with Gasteiger partial charge < -0.3 is 14.2 Å². The zero-order chi connectivity index (χ0) is 32.0. The molecule has 0 N–H and O–H groups in total. The molecule has 4 rings (SSSR count). The van der Waals surface area contributed by atoms with Crippen LogP contribution in [0.25, 0.3) is 31.3 Å². The molecule has 0 fully saturated rings. The van der Waals surface area contributed by atoms with Crippen LogP contribution >= 0.6 is 0 Å². The highest BCUT2D eigenvalue weighted by Gasteiger charge is 2.34. The predicted octanol–water partition coefficient (Wildman–Crippen LogP) is 8.58. The van der Waals surface area contributed by atoms with Crippen LogP contribution < -0.4 is 0 Å². The second-order valence-corrected chi connectivity index (χ2v) is 8.92. The van der Waals surface area contributed by atoms with Gasteiger partial charge in [-0.2, -0.15) is 0 Å². The Balaban J connectivity index is 1.94. The highest BCUT2D eigenvalue weighted by Crippen LogP contribution is 2.46. The standard InChI is InChI=1S/C30H21N9O6/c31-37-34-25-22(28(40)43-16-19-10-4-1-5-11-19)26(35-38-32)24(30(42)45-18-21-14-8-3-9-15-21)27(36-39-33)23(25)29(41)44-17-20-12-6-2-7-13-20/h1-15H,16-18H2. The lowest BCUT2D eigenvalue weighted by molar-refractivity contribution is 0.0473. The Morgan fingerprint density at radius 2 is 0.711 bits per heavy atom. The molecule has 4 aromatic rings. The van der Waals surface area contributed by atoms with Gasteiger partial charge in [0.2, 0.25) is 0 Å². The second kappa shape index (κ2) is 15.4. The maximum absolute atomic E-state index is 13.6. The molecule has 0 unspecified atom stereocenters. The van der Waals surface area contributed by atoms with Crippen molar-refractivity contribution in [2.75, 3.05) is 0 Å². The lowest BCUT2D eigenvalue weighted by Crippen LogP contribution is -2.16. The van der Waals surface area contributed by atoms with Crippen molar-refractivity contribution in [1.82, 2.24) is 0 Å². The molecule has 0 radical (unpaired) electrons. The zero-order valence-electron chi connectivity index (χ0n) is 23.3. The van der Waals surface area contributed by atoms with Crippen molar-refractivity contribution in [2.24, 2.45) is 15.3 Å². The summed E-state index contributed by atoms with van der Waals surface area (Å²) in [6.07, 6.45) is 0. The number of hydrogen-bond donors (Lipinski definition) is 0. The third-order valence-electron chi connectivity index (χ3n) is 6.11. The molecular formula is C30H21N9O6. The molecule has 0 amide bonds. The Morgan fingerprint density at radius 3 is 0.933 bits per heavy atom. The van der Waals surface area contributed by atoms with Crippen LogP contribution in [0.3, 0.4) is 0 Å². The van der Waals surface area contributed by atoms with Gasteiger partial charge >= 0.3 is 17.9 Å². The predicted molar refractivity (Wildman–Crippen MR) is 160 cm³/mol. The van der Waals surface area contributed by atoms with Gasteiger partial charge in [0.05, 0.1) is 33.8 Å². The minimum absolute atomic E-state index is 0.287. The number of esters is 3. The Hall–Kier alpha value is -6.78. The number of nitrogens with zero attached hydrogens (tertiary/aromatic N) is 9. The molecule has 15 nitrogen and oxygen atoms in total. The third kappa shape index (κ3) is 7.74. The fourth-order valence-electron chi connectivity index (χ4n) is 4.11. The van der Waals surface area contributed by atoms with E-state index in [0.29, 0.717) is 16.7 Å². The van der Waals surface area contributed by atoms with E-state index in [1.165, 1.54) is 0 Å². The first-order valence-electron chi connectivity index (χ1n) is 13.0. The topological polar surface area (TPSA) is 225 Å². The minimum Gasteiger partial charge on any atom is -0.457 e. The van der Waals surface area contributed by atoms with Crippen LogP contribution in [-0.4, -0.2) is 17.9 Å². The van der Waals surface area contributed by atoms with Gasteiger partial charge in [-0.25, -0.2) is 14.4 Å². The van der Waals surface area contributed by atoms with Crippen LogP contribution in [0.15, 0.2) is 106 Å². The smallest absolute Gasteiger partial charge is 0.339 e. The van der Waals surface area contributed by atoms with Crippen LogP contribution in [0.2, 0.25) is 0 Å². The van der Waals surface area contributed by atoms with E-state index in [2.05, 4.69) is 30.1 Å². The molecular weight excluding hydrogens is 582 g/mol. The van der Waals surface area contributed by atoms with Crippen molar-refractivity contribution in [2.45, 2.75) is 19.8 Å². The maximum atomic E-state index is 13.6. The van der Waals surface area contributed by atoms with Gasteiger partial charge in [-0.05, 0) is 33.3 Å². The van der Waals surface area contributed by atoms with Crippen molar-refractivity contribution < 1.29 is 28.6 Å². The molecule has 222 valence electrons. The monoisotopic (exact) mass is 603 g/mol. The summed E-state index contributed by atoms with van der Waals surface area (Å²) in [4.78, 5) is 48.9. The van der Waals surface area contributed by atoms with Crippen LogP contribution in [0, 0.1) is 0 Å².